The van der Waals surface area contributed by atoms with Crippen molar-refractivity contribution in [2.75, 3.05) is 10.2 Å². The first kappa shape index (κ1) is 25.3. The molecule has 2 amide bonds. The van der Waals surface area contributed by atoms with Gasteiger partial charge in [-0.15, -0.1) is 0 Å². The highest BCUT2D eigenvalue weighted by Gasteiger charge is 2.38. The summed E-state index contributed by atoms with van der Waals surface area (Å²) in [4.78, 5) is 39.2. The quantitative estimate of drug-likeness (QED) is 0.211. The first-order chi connectivity index (χ1) is 17.3. The van der Waals surface area contributed by atoms with Gasteiger partial charge in [0.05, 0.1) is 16.3 Å². The Morgan fingerprint density at radius 1 is 0.972 bits per heavy atom. The highest BCUT2D eigenvalue weighted by atomic mass is 35.5. The number of carbonyl (C=O) groups excluding carboxylic acids is 3. The number of aromatic hydroxyl groups is 1. The Labute approximate surface area is 217 Å². The van der Waals surface area contributed by atoms with Gasteiger partial charge < -0.3 is 15.2 Å². The molecule has 36 heavy (non-hydrogen) atoms. The Morgan fingerprint density at radius 3 is 2.31 bits per heavy atom. The molecule has 0 spiro atoms. The number of unbranched alkanes of at least 4 members (excludes halogenated alkanes) is 1. The maximum absolute atomic E-state index is 13.0. The number of hydrogen-bond donors (Lipinski definition) is 2. The largest absolute Gasteiger partial charge is 0.506 e. The van der Waals surface area contributed by atoms with Gasteiger partial charge >= 0.3 is 5.97 Å². The summed E-state index contributed by atoms with van der Waals surface area (Å²) in [5.74, 6) is -1.91. The number of aryl methyl sites for hydroxylation is 1. The van der Waals surface area contributed by atoms with Gasteiger partial charge in [-0.05, 0) is 66.9 Å². The van der Waals surface area contributed by atoms with Gasteiger partial charge in [0, 0.05) is 11.8 Å². The number of ether oxygens (including phenoxy) is 1. The molecule has 0 radical (unpaired) electrons. The number of imide groups is 1. The van der Waals surface area contributed by atoms with Crippen LogP contribution in [0.5, 0.6) is 11.5 Å². The van der Waals surface area contributed by atoms with E-state index >= 15 is 0 Å². The van der Waals surface area contributed by atoms with Gasteiger partial charge in [-0.25, -0.2) is 9.69 Å². The number of nitrogens with zero attached hydrogens (tertiary/aromatic N) is 1. The highest BCUT2D eigenvalue weighted by molar-refractivity contribution is 6.53. The second kappa shape index (κ2) is 10.8. The summed E-state index contributed by atoms with van der Waals surface area (Å²) in [6, 6.07) is 17.4. The van der Waals surface area contributed by atoms with E-state index in [0.29, 0.717) is 11.4 Å². The number of anilines is 2. The SMILES string of the molecule is CCCCc1ccc(N2C(=O)C(Cl)=C(Nc3ccc(C(=O)Oc4ccc(Cl)c(O)c4)cc3)C2=O)cc1. The zero-order chi connectivity index (χ0) is 25.8. The average Bonchev–Trinajstić information content (AvgIpc) is 3.08. The molecule has 3 aromatic carbocycles. The topological polar surface area (TPSA) is 95.9 Å². The Kier molecular flexibility index (Phi) is 7.62. The van der Waals surface area contributed by atoms with Crippen LogP contribution in [0.4, 0.5) is 11.4 Å². The molecule has 3 aromatic rings. The molecule has 9 heteroatoms. The molecule has 4 rings (SSSR count). The van der Waals surface area contributed by atoms with Crippen LogP contribution in [0.25, 0.3) is 0 Å². The van der Waals surface area contributed by atoms with Crippen molar-refractivity contribution < 1.29 is 24.2 Å². The van der Waals surface area contributed by atoms with Crippen molar-refractivity contribution in [1.29, 1.82) is 0 Å². The smallest absolute Gasteiger partial charge is 0.343 e. The molecule has 184 valence electrons. The predicted molar refractivity (Wildman–Crippen MR) is 139 cm³/mol. The molecule has 7 nitrogen and oxygen atoms in total. The minimum absolute atomic E-state index is 0.0521. The van der Waals surface area contributed by atoms with Crippen molar-refractivity contribution >= 4 is 52.4 Å². The number of esters is 1. The van der Waals surface area contributed by atoms with Gasteiger partial charge in [-0.3, -0.25) is 9.59 Å². The van der Waals surface area contributed by atoms with Crippen LogP contribution in [0.2, 0.25) is 5.02 Å². The van der Waals surface area contributed by atoms with Crippen molar-refractivity contribution in [3.05, 3.63) is 93.6 Å². The molecule has 0 bridgehead atoms. The van der Waals surface area contributed by atoms with E-state index in [-0.39, 0.29) is 32.8 Å². The van der Waals surface area contributed by atoms with Crippen molar-refractivity contribution in [1.82, 2.24) is 0 Å². The molecule has 0 aliphatic carbocycles. The van der Waals surface area contributed by atoms with Crippen LogP contribution >= 0.6 is 23.2 Å². The molecule has 1 heterocycles. The second-order valence-electron chi connectivity index (χ2n) is 8.11. The summed E-state index contributed by atoms with van der Waals surface area (Å²) in [7, 11) is 0. The van der Waals surface area contributed by atoms with Crippen molar-refractivity contribution in [3.8, 4) is 11.5 Å². The fourth-order valence-electron chi connectivity index (χ4n) is 3.59. The van der Waals surface area contributed by atoms with Gasteiger partial charge in [0.15, 0.2) is 0 Å². The number of hydrogen-bond acceptors (Lipinski definition) is 6. The van der Waals surface area contributed by atoms with E-state index in [1.165, 1.54) is 30.3 Å². The zero-order valence-corrected chi connectivity index (χ0v) is 20.8. The van der Waals surface area contributed by atoms with Crippen LogP contribution < -0.4 is 15.0 Å². The highest BCUT2D eigenvalue weighted by Crippen LogP contribution is 2.31. The first-order valence-electron chi connectivity index (χ1n) is 11.2. The number of benzene rings is 3. The van der Waals surface area contributed by atoms with E-state index in [0.717, 1.165) is 29.7 Å². The number of phenolic OH excluding ortho intramolecular Hbond substituents is 1. The molecule has 0 unspecified atom stereocenters. The summed E-state index contributed by atoms with van der Waals surface area (Å²) >= 11 is 12.0. The average molecular weight is 525 g/mol. The molecular weight excluding hydrogens is 503 g/mol. The van der Waals surface area contributed by atoms with E-state index < -0.39 is 17.8 Å². The lowest BCUT2D eigenvalue weighted by Gasteiger charge is -2.15. The molecule has 0 aromatic heterocycles. The molecule has 0 atom stereocenters. The number of carbonyl (C=O) groups is 3. The van der Waals surface area contributed by atoms with Crippen molar-refractivity contribution in [2.24, 2.45) is 0 Å². The summed E-state index contributed by atoms with van der Waals surface area (Å²) in [5, 5.41) is 12.4. The van der Waals surface area contributed by atoms with Crippen LogP contribution in [0.3, 0.4) is 0 Å². The number of nitrogens with one attached hydrogen (secondary N) is 1. The van der Waals surface area contributed by atoms with Gasteiger partial charge in [0.1, 0.15) is 22.2 Å². The maximum Gasteiger partial charge on any atom is 0.343 e. The van der Waals surface area contributed by atoms with E-state index in [9.17, 15) is 19.5 Å². The molecule has 1 aliphatic rings. The van der Waals surface area contributed by atoms with E-state index in [2.05, 4.69) is 12.2 Å². The van der Waals surface area contributed by atoms with Crippen LogP contribution in [-0.2, 0) is 16.0 Å². The molecule has 0 saturated heterocycles. The summed E-state index contributed by atoms with van der Waals surface area (Å²) in [6.45, 7) is 2.12. The molecule has 0 fully saturated rings. The lowest BCUT2D eigenvalue weighted by atomic mass is 10.1. The third-order valence-electron chi connectivity index (χ3n) is 5.56. The minimum Gasteiger partial charge on any atom is -0.506 e. The fraction of sp³-hybridized carbons (Fsp3) is 0.148. The third kappa shape index (κ3) is 5.37. The standard InChI is InChI=1S/C27H22Cl2N2O5/c1-2-3-4-16-5-11-19(12-6-16)31-25(33)23(29)24(26(31)34)30-18-9-7-17(8-10-18)27(35)36-20-13-14-21(28)22(32)15-20/h5-15,30,32H,2-4H2,1H3. The zero-order valence-electron chi connectivity index (χ0n) is 19.3. The number of halogens is 2. The Balaban J connectivity index is 1.44. The summed E-state index contributed by atoms with van der Waals surface area (Å²) < 4.78 is 5.24. The van der Waals surface area contributed by atoms with Crippen LogP contribution in [-0.4, -0.2) is 22.9 Å². The fourth-order valence-corrected chi connectivity index (χ4v) is 3.92. The molecular formula is C27H22Cl2N2O5. The van der Waals surface area contributed by atoms with Crippen molar-refractivity contribution in [3.63, 3.8) is 0 Å². The lowest BCUT2D eigenvalue weighted by Crippen LogP contribution is -2.32. The summed E-state index contributed by atoms with van der Waals surface area (Å²) in [5.41, 5.74) is 2.19. The third-order valence-corrected chi connectivity index (χ3v) is 6.23. The Bertz CT molecular complexity index is 1350. The first-order valence-corrected chi connectivity index (χ1v) is 12.0. The normalized spacial score (nSPS) is 13.4. The number of rotatable bonds is 8. The Hall–Kier alpha value is -3.81. The van der Waals surface area contributed by atoms with Crippen LogP contribution in [0.15, 0.2) is 77.5 Å². The second-order valence-corrected chi connectivity index (χ2v) is 8.89. The van der Waals surface area contributed by atoms with E-state index in [1.807, 2.05) is 12.1 Å². The minimum atomic E-state index is -0.652. The van der Waals surface area contributed by atoms with E-state index in [1.54, 1.807) is 24.3 Å². The molecule has 1 aliphatic heterocycles. The Morgan fingerprint density at radius 2 is 1.67 bits per heavy atom. The lowest BCUT2D eigenvalue weighted by molar-refractivity contribution is -0.120. The number of amides is 2. The van der Waals surface area contributed by atoms with Gasteiger partial charge in [0.2, 0.25) is 0 Å². The number of phenols is 1. The molecule has 2 N–H and O–H groups in total. The van der Waals surface area contributed by atoms with Gasteiger partial charge in [-0.1, -0.05) is 48.7 Å². The molecule has 0 saturated carbocycles. The monoisotopic (exact) mass is 524 g/mol. The maximum atomic E-state index is 13.0. The summed E-state index contributed by atoms with van der Waals surface area (Å²) in [6.07, 6.45) is 3.06. The van der Waals surface area contributed by atoms with E-state index in [4.69, 9.17) is 27.9 Å². The van der Waals surface area contributed by atoms with Gasteiger partial charge in [-0.2, -0.15) is 0 Å². The van der Waals surface area contributed by atoms with Gasteiger partial charge in [0.25, 0.3) is 11.8 Å². The van der Waals surface area contributed by atoms with Crippen LogP contribution in [0.1, 0.15) is 35.7 Å². The predicted octanol–water partition coefficient (Wildman–Crippen LogP) is 6.04. The van der Waals surface area contributed by atoms with Crippen molar-refractivity contribution in [2.45, 2.75) is 26.2 Å². The van der Waals surface area contributed by atoms with Crippen LogP contribution in [0, 0.1) is 0 Å².